The molecule has 98 valence electrons. The van der Waals surface area contributed by atoms with Gasteiger partial charge in [-0.3, -0.25) is 0 Å². The fraction of sp³-hybridized carbons (Fsp3) is 0.125. The number of aryl methyl sites for hydroxylation is 1. The minimum absolute atomic E-state index is 0.268. The van der Waals surface area contributed by atoms with Gasteiger partial charge in [0.05, 0.1) is 5.69 Å². The van der Waals surface area contributed by atoms with Crippen LogP contribution in [-0.4, -0.2) is 21.6 Å². The van der Waals surface area contributed by atoms with Crippen LogP contribution in [0.2, 0.25) is 0 Å². The van der Waals surface area contributed by atoms with Gasteiger partial charge in [0.25, 0.3) is 0 Å². The molecule has 20 heavy (non-hydrogen) atoms. The molecule has 1 heterocycles. The topological polar surface area (TPSA) is 39.9 Å². The number of aromatic nitrogens is 3. The van der Waals surface area contributed by atoms with Crippen molar-refractivity contribution in [2.75, 3.05) is 6.61 Å². The predicted molar refractivity (Wildman–Crippen MR) is 77.9 cm³/mol. The van der Waals surface area contributed by atoms with E-state index in [2.05, 4.69) is 16.1 Å². The Labute approximate surface area is 117 Å². The molecule has 3 rings (SSSR count). The van der Waals surface area contributed by atoms with Crippen molar-refractivity contribution in [3.05, 3.63) is 48.0 Å². The Balaban J connectivity index is 1.98. The van der Waals surface area contributed by atoms with Gasteiger partial charge in [-0.2, -0.15) is 4.80 Å². The third kappa shape index (κ3) is 2.21. The number of terminal acetylenes is 1. The summed E-state index contributed by atoms with van der Waals surface area (Å²) >= 11 is 0. The van der Waals surface area contributed by atoms with E-state index in [0.29, 0.717) is 0 Å². The summed E-state index contributed by atoms with van der Waals surface area (Å²) in [7, 11) is 0. The van der Waals surface area contributed by atoms with Gasteiger partial charge in [-0.15, -0.1) is 16.6 Å². The van der Waals surface area contributed by atoms with Crippen LogP contribution in [0.25, 0.3) is 16.7 Å². The normalized spacial score (nSPS) is 10.4. The number of nitrogens with zero attached hydrogens (tertiary/aromatic N) is 3. The largest absolute Gasteiger partial charge is 0.481 e. The fourth-order valence-corrected chi connectivity index (χ4v) is 2.01. The molecule has 0 spiro atoms. The maximum atomic E-state index is 5.45. The van der Waals surface area contributed by atoms with Crippen molar-refractivity contribution in [2.24, 2.45) is 0 Å². The Hall–Kier alpha value is -2.80. The van der Waals surface area contributed by atoms with Crippen LogP contribution in [0.5, 0.6) is 5.75 Å². The quantitative estimate of drug-likeness (QED) is 0.682. The summed E-state index contributed by atoms with van der Waals surface area (Å²) in [6, 6.07) is 13.6. The molecular weight excluding hydrogens is 250 g/mol. The standard InChI is InChI=1S/C16H13N3O/c1-3-10-20-16-9-8-13(11-12(16)2)19-17-14-6-4-5-7-15(14)18-19/h1,4-9,11H,10H2,2H3. The SMILES string of the molecule is C#CCOc1ccc(-n2nc3ccccc3n2)cc1C. The summed E-state index contributed by atoms with van der Waals surface area (Å²) < 4.78 is 5.45. The smallest absolute Gasteiger partial charge is 0.148 e. The zero-order chi connectivity index (χ0) is 13.9. The number of benzene rings is 2. The van der Waals surface area contributed by atoms with Crippen molar-refractivity contribution in [2.45, 2.75) is 6.92 Å². The van der Waals surface area contributed by atoms with Crippen LogP contribution >= 0.6 is 0 Å². The molecule has 0 aliphatic rings. The van der Waals surface area contributed by atoms with Crippen molar-refractivity contribution in [3.8, 4) is 23.8 Å². The van der Waals surface area contributed by atoms with Crippen LogP contribution in [0.15, 0.2) is 42.5 Å². The first kappa shape index (κ1) is 12.2. The van der Waals surface area contributed by atoms with Crippen molar-refractivity contribution in [1.29, 1.82) is 0 Å². The molecule has 3 aromatic rings. The Morgan fingerprint density at radius 2 is 1.85 bits per heavy atom. The summed E-state index contributed by atoms with van der Waals surface area (Å²) in [5.74, 6) is 3.24. The molecule has 0 bridgehead atoms. The second-order valence-electron chi connectivity index (χ2n) is 4.42. The van der Waals surface area contributed by atoms with Crippen molar-refractivity contribution in [1.82, 2.24) is 15.0 Å². The summed E-state index contributed by atoms with van der Waals surface area (Å²) in [6.07, 6.45) is 5.19. The van der Waals surface area contributed by atoms with Crippen molar-refractivity contribution < 1.29 is 4.74 Å². The lowest BCUT2D eigenvalue weighted by Gasteiger charge is -2.07. The van der Waals surface area contributed by atoms with E-state index in [4.69, 9.17) is 11.2 Å². The summed E-state index contributed by atoms with van der Waals surface area (Å²) in [4.78, 5) is 1.63. The molecule has 0 unspecified atom stereocenters. The van der Waals surface area contributed by atoms with E-state index in [-0.39, 0.29) is 6.61 Å². The van der Waals surface area contributed by atoms with E-state index >= 15 is 0 Å². The zero-order valence-electron chi connectivity index (χ0n) is 11.1. The van der Waals surface area contributed by atoms with Gasteiger partial charge in [-0.25, -0.2) is 0 Å². The highest BCUT2D eigenvalue weighted by Crippen LogP contribution is 2.21. The summed E-state index contributed by atoms with van der Waals surface area (Å²) in [5, 5.41) is 8.90. The Morgan fingerprint density at radius 1 is 1.15 bits per heavy atom. The highest BCUT2D eigenvalue weighted by atomic mass is 16.5. The fourth-order valence-electron chi connectivity index (χ4n) is 2.01. The highest BCUT2D eigenvalue weighted by molar-refractivity contribution is 5.73. The minimum Gasteiger partial charge on any atom is -0.481 e. The number of ether oxygens (including phenoxy) is 1. The van der Waals surface area contributed by atoms with E-state index in [1.165, 1.54) is 0 Å². The maximum absolute atomic E-state index is 5.45. The van der Waals surface area contributed by atoms with E-state index in [0.717, 1.165) is 28.0 Å². The third-order valence-electron chi connectivity index (χ3n) is 2.99. The van der Waals surface area contributed by atoms with E-state index in [1.54, 1.807) is 4.80 Å². The average molecular weight is 263 g/mol. The second-order valence-corrected chi connectivity index (χ2v) is 4.42. The highest BCUT2D eigenvalue weighted by Gasteiger charge is 2.06. The Bertz CT molecular complexity index is 766. The van der Waals surface area contributed by atoms with Gasteiger partial charge in [0.15, 0.2) is 0 Å². The molecule has 4 heteroatoms. The predicted octanol–water partition coefficient (Wildman–Crippen LogP) is 2.74. The van der Waals surface area contributed by atoms with Gasteiger partial charge < -0.3 is 4.74 Å². The van der Waals surface area contributed by atoms with Gasteiger partial charge in [-0.05, 0) is 42.8 Å². The van der Waals surface area contributed by atoms with Gasteiger partial charge in [0.2, 0.25) is 0 Å². The monoisotopic (exact) mass is 263 g/mol. The van der Waals surface area contributed by atoms with E-state index in [9.17, 15) is 0 Å². The first-order chi connectivity index (χ1) is 9.78. The number of rotatable bonds is 3. The Morgan fingerprint density at radius 3 is 2.45 bits per heavy atom. The molecule has 0 fully saturated rings. The van der Waals surface area contributed by atoms with Crippen LogP contribution in [0.4, 0.5) is 0 Å². The molecule has 4 nitrogen and oxygen atoms in total. The molecule has 0 saturated heterocycles. The molecule has 0 saturated carbocycles. The lowest BCUT2D eigenvalue weighted by molar-refractivity contribution is 0.367. The summed E-state index contributed by atoms with van der Waals surface area (Å²) in [6.45, 7) is 2.24. The van der Waals surface area contributed by atoms with Crippen LogP contribution in [0.1, 0.15) is 5.56 Å². The van der Waals surface area contributed by atoms with Gasteiger partial charge in [-0.1, -0.05) is 18.1 Å². The average Bonchev–Trinajstić information content (AvgIpc) is 2.90. The molecule has 0 aliphatic heterocycles. The second kappa shape index (κ2) is 5.06. The lowest BCUT2D eigenvalue weighted by atomic mass is 10.2. The summed E-state index contributed by atoms with van der Waals surface area (Å²) in [5.41, 5.74) is 3.64. The number of hydrogen-bond donors (Lipinski definition) is 0. The Kier molecular flexibility index (Phi) is 3.10. The first-order valence-corrected chi connectivity index (χ1v) is 6.27. The number of fused-ring (bicyclic) bond motifs is 1. The van der Waals surface area contributed by atoms with Crippen molar-refractivity contribution >= 4 is 11.0 Å². The van der Waals surface area contributed by atoms with Gasteiger partial charge in [0, 0.05) is 0 Å². The molecule has 0 atom stereocenters. The zero-order valence-corrected chi connectivity index (χ0v) is 11.1. The molecule has 0 N–H and O–H groups in total. The lowest BCUT2D eigenvalue weighted by Crippen LogP contribution is -2.01. The van der Waals surface area contributed by atoms with Crippen LogP contribution in [0, 0.1) is 19.3 Å². The van der Waals surface area contributed by atoms with Crippen LogP contribution in [-0.2, 0) is 0 Å². The van der Waals surface area contributed by atoms with Crippen LogP contribution in [0.3, 0.4) is 0 Å². The van der Waals surface area contributed by atoms with Crippen molar-refractivity contribution in [3.63, 3.8) is 0 Å². The molecule has 0 amide bonds. The molecular formula is C16H13N3O. The maximum Gasteiger partial charge on any atom is 0.148 e. The van der Waals surface area contributed by atoms with Crippen LogP contribution < -0.4 is 4.74 Å². The van der Waals surface area contributed by atoms with Gasteiger partial charge >= 0.3 is 0 Å². The van der Waals surface area contributed by atoms with E-state index < -0.39 is 0 Å². The minimum atomic E-state index is 0.268. The number of hydrogen-bond acceptors (Lipinski definition) is 3. The molecule has 1 aromatic heterocycles. The molecule has 0 radical (unpaired) electrons. The molecule has 0 aliphatic carbocycles. The third-order valence-corrected chi connectivity index (χ3v) is 2.99. The first-order valence-electron chi connectivity index (χ1n) is 6.27. The van der Waals surface area contributed by atoms with E-state index in [1.807, 2.05) is 49.4 Å². The van der Waals surface area contributed by atoms with Gasteiger partial charge in [0.1, 0.15) is 23.4 Å². The molecule has 2 aromatic carbocycles.